The number of carbonyl (C=O) groups excluding carboxylic acids is 1. The number of hydrogen-bond donors (Lipinski definition) is 1. The molecule has 0 bridgehead atoms. The number of methoxy groups -OCH3 is 1. The average Bonchev–Trinajstić information content (AvgIpc) is 3.42. The van der Waals surface area contributed by atoms with E-state index >= 15 is 0 Å². The first-order valence-corrected chi connectivity index (χ1v) is 11.3. The molecule has 1 atom stereocenters. The minimum absolute atomic E-state index is 0.104. The highest BCUT2D eigenvalue weighted by Gasteiger charge is 2.32. The van der Waals surface area contributed by atoms with Crippen LogP contribution in [0.4, 0.5) is 5.69 Å². The van der Waals surface area contributed by atoms with Gasteiger partial charge in [-0.2, -0.15) is 0 Å². The maximum Gasteiger partial charge on any atom is 0.195 e. The molecule has 34 heavy (non-hydrogen) atoms. The lowest BCUT2D eigenvalue weighted by Gasteiger charge is -2.18. The molecule has 0 aliphatic carbocycles. The Hall–Kier alpha value is -3.84. The van der Waals surface area contributed by atoms with Crippen molar-refractivity contribution < 1.29 is 18.7 Å². The SMILES string of the molecule is COc1cccc(NC(C(=O)c2c(C)oc(C)c2-c2ccccc2)c2cn3c(n2)COCC3)c1. The number of hydrogen-bond acceptors (Lipinski definition) is 6. The molecule has 1 aliphatic heterocycles. The van der Waals surface area contributed by atoms with E-state index in [9.17, 15) is 4.79 Å². The van der Waals surface area contributed by atoms with Crippen molar-refractivity contribution in [1.29, 1.82) is 0 Å². The van der Waals surface area contributed by atoms with Gasteiger partial charge in [0.25, 0.3) is 0 Å². The van der Waals surface area contributed by atoms with Crippen LogP contribution < -0.4 is 10.1 Å². The zero-order valence-electron chi connectivity index (χ0n) is 19.5. The van der Waals surface area contributed by atoms with E-state index in [1.807, 2.05) is 74.6 Å². The molecule has 0 fully saturated rings. The number of carbonyl (C=O) groups is 1. The van der Waals surface area contributed by atoms with Gasteiger partial charge in [-0.15, -0.1) is 0 Å². The van der Waals surface area contributed by atoms with Gasteiger partial charge in [0.2, 0.25) is 0 Å². The molecule has 0 radical (unpaired) electrons. The Kier molecular flexibility index (Phi) is 5.94. The van der Waals surface area contributed by atoms with Gasteiger partial charge in [-0.25, -0.2) is 4.98 Å². The largest absolute Gasteiger partial charge is 0.497 e. The summed E-state index contributed by atoms with van der Waals surface area (Å²) in [5, 5.41) is 3.40. The maximum atomic E-state index is 14.2. The normalized spacial score (nSPS) is 13.9. The molecule has 0 spiro atoms. The summed E-state index contributed by atoms with van der Waals surface area (Å²) in [7, 11) is 1.62. The minimum atomic E-state index is -0.719. The third-order valence-electron chi connectivity index (χ3n) is 6.09. The van der Waals surface area contributed by atoms with Crippen molar-refractivity contribution in [3.8, 4) is 16.9 Å². The molecule has 7 heteroatoms. The number of anilines is 1. The Bertz CT molecular complexity index is 1300. The lowest BCUT2D eigenvalue weighted by atomic mass is 9.93. The number of Topliss-reactive ketones (excluding diaryl/α,β-unsaturated/α-hetero) is 1. The second-order valence-electron chi connectivity index (χ2n) is 8.33. The van der Waals surface area contributed by atoms with Crippen molar-refractivity contribution >= 4 is 11.5 Å². The monoisotopic (exact) mass is 457 g/mol. The average molecular weight is 458 g/mol. The molecule has 0 amide bonds. The Morgan fingerprint density at radius 3 is 2.71 bits per heavy atom. The molecule has 1 N–H and O–H groups in total. The number of imidazole rings is 1. The number of fused-ring (bicyclic) bond motifs is 1. The molecular formula is C27H27N3O4. The number of benzene rings is 2. The van der Waals surface area contributed by atoms with Crippen LogP contribution in [0.2, 0.25) is 0 Å². The van der Waals surface area contributed by atoms with Crippen LogP contribution in [0.25, 0.3) is 11.1 Å². The lowest BCUT2D eigenvalue weighted by Crippen LogP contribution is -2.22. The summed E-state index contributed by atoms with van der Waals surface area (Å²) in [5.41, 5.74) is 3.72. The van der Waals surface area contributed by atoms with E-state index in [0.717, 1.165) is 22.6 Å². The van der Waals surface area contributed by atoms with Gasteiger partial charge < -0.3 is 23.8 Å². The number of ether oxygens (including phenoxy) is 2. The summed E-state index contributed by atoms with van der Waals surface area (Å²) < 4.78 is 19.0. The Morgan fingerprint density at radius 2 is 1.94 bits per heavy atom. The van der Waals surface area contributed by atoms with E-state index in [1.165, 1.54) is 0 Å². The molecule has 174 valence electrons. The standard InChI is InChI=1S/C27H27N3O4/c1-17-24(19-8-5-4-6-9-19)25(18(2)34-17)27(31)26(28-20-10-7-11-21(14-20)32-3)22-15-30-12-13-33-16-23(30)29-22/h4-11,14-15,26,28H,12-13,16H2,1-3H3. The predicted molar refractivity (Wildman–Crippen MR) is 129 cm³/mol. The smallest absolute Gasteiger partial charge is 0.195 e. The molecule has 0 saturated carbocycles. The van der Waals surface area contributed by atoms with Gasteiger partial charge in [0.05, 0.1) is 25.0 Å². The van der Waals surface area contributed by atoms with E-state index in [-0.39, 0.29) is 5.78 Å². The van der Waals surface area contributed by atoms with Crippen molar-refractivity contribution in [2.24, 2.45) is 0 Å². The summed E-state index contributed by atoms with van der Waals surface area (Å²) >= 11 is 0. The second kappa shape index (κ2) is 9.19. The van der Waals surface area contributed by atoms with Crippen LogP contribution >= 0.6 is 0 Å². The van der Waals surface area contributed by atoms with Gasteiger partial charge in [0, 0.05) is 30.1 Å². The first-order valence-electron chi connectivity index (χ1n) is 11.3. The van der Waals surface area contributed by atoms with E-state index in [1.54, 1.807) is 7.11 Å². The van der Waals surface area contributed by atoms with Crippen molar-refractivity contribution in [2.45, 2.75) is 33.0 Å². The van der Waals surface area contributed by atoms with Gasteiger partial charge in [0.1, 0.15) is 35.7 Å². The van der Waals surface area contributed by atoms with Crippen molar-refractivity contribution in [2.75, 3.05) is 19.0 Å². The first-order chi connectivity index (χ1) is 16.5. The molecule has 7 nitrogen and oxygen atoms in total. The Morgan fingerprint density at radius 1 is 1.12 bits per heavy atom. The molecule has 1 unspecified atom stereocenters. The topological polar surface area (TPSA) is 78.5 Å². The molecule has 3 heterocycles. The van der Waals surface area contributed by atoms with Crippen LogP contribution in [0.15, 0.2) is 65.2 Å². The van der Waals surface area contributed by atoms with E-state index in [2.05, 4.69) is 9.88 Å². The highest BCUT2D eigenvalue weighted by molar-refractivity contribution is 6.08. The molecular weight excluding hydrogens is 430 g/mol. The van der Waals surface area contributed by atoms with E-state index in [4.69, 9.17) is 18.9 Å². The Balaban J connectivity index is 1.61. The maximum absolute atomic E-state index is 14.2. The molecule has 2 aromatic heterocycles. The summed E-state index contributed by atoms with van der Waals surface area (Å²) in [6.45, 7) is 5.49. The molecule has 2 aromatic carbocycles. The molecule has 5 rings (SSSR count). The lowest BCUT2D eigenvalue weighted by molar-refractivity contribution is 0.0816. The zero-order chi connectivity index (χ0) is 23.7. The van der Waals surface area contributed by atoms with Crippen LogP contribution in [0.3, 0.4) is 0 Å². The van der Waals surface area contributed by atoms with Gasteiger partial charge in [-0.1, -0.05) is 36.4 Å². The molecule has 0 saturated heterocycles. The van der Waals surface area contributed by atoms with Crippen molar-refractivity contribution in [1.82, 2.24) is 9.55 Å². The number of nitrogens with one attached hydrogen (secondary N) is 1. The molecule has 1 aliphatic rings. The van der Waals surface area contributed by atoms with E-state index in [0.29, 0.717) is 48.3 Å². The summed E-state index contributed by atoms with van der Waals surface area (Å²) in [6, 6.07) is 16.7. The number of aryl methyl sites for hydroxylation is 2. The number of aromatic nitrogens is 2. The third kappa shape index (κ3) is 4.10. The summed E-state index contributed by atoms with van der Waals surface area (Å²) in [6.07, 6.45) is 1.94. The van der Waals surface area contributed by atoms with Crippen molar-refractivity contribution in [3.05, 3.63) is 89.4 Å². The molecule has 4 aromatic rings. The van der Waals surface area contributed by atoms with Crippen molar-refractivity contribution in [3.63, 3.8) is 0 Å². The number of ketones is 1. The van der Waals surface area contributed by atoms with Gasteiger partial charge in [0.15, 0.2) is 5.78 Å². The first kappa shape index (κ1) is 22.0. The summed E-state index contributed by atoms with van der Waals surface area (Å²) in [5.74, 6) is 2.71. The fourth-order valence-electron chi connectivity index (χ4n) is 4.48. The van der Waals surface area contributed by atoms with Gasteiger partial charge >= 0.3 is 0 Å². The highest BCUT2D eigenvalue weighted by atomic mass is 16.5. The predicted octanol–water partition coefficient (Wildman–Crippen LogP) is 5.33. The third-order valence-corrected chi connectivity index (χ3v) is 6.09. The minimum Gasteiger partial charge on any atom is -0.497 e. The van der Waals surface area contributed by atoms with Crippen LogP contribution in [-0.2, 0) is 17.9 Å². The number of furan rings is 1. The Labute approximate surface area is 198 Å². The summed E-state index contributed by atoms with van der Waals surface area (Å²) in [4.78, 5) is 19.0. The zero-order valence-corrected chi connectivity index (χ0v) is 19.5. The van der Waals surface area contributed by atoms with Crippen LogP contribution in [-0.4, -0.2) is 29.1 Å². The number of nitrogens with zero attached hydrogens (tertiary/aromatic N) is 2. The van der Waals surface area contributed by atoms with Gasteiger partial charge in [-0.05, 0) is 31.5 Å². The van der Waals surface area contributed by atoms with Gasteiger partial charge in [-0.3, -0.25) is 4.79 Å². The van der Waals surface area contributed by atoms with Crippen LogP contribution in [0, 0.1) is 13.8 Å². The second-order valence-corrected chi connectivity index (χ2v) is 8.33. The van der Waals surface area contributed by atoms with E-state index < -0.39 is 6.04 Å². The fourth-order valence-corrected chi connectivity index (χ4v) is 4.48. The highest BCUT2D eigenvalue weighted by Crippen LogP contribution is 2.36. The quantitative estimate of drug-likeness (QED) is 0.378. The number of rotatable bonds is 7. The van der Waals surface area contributed by atoms with Crippen LogP contribution in [0.5, 0.6) is 5.75 Å². The fraction of sp³-hybridized carbons (Fsp3) is 0.259. The van der Waals surface area contributed by atoms with Crippen LogP contribution in [0.1, 0.15) is 39.4 Å².